The minimum Gasteiger partial charge on any atom is -0.385 e. The Bertz CT molecular complexity index is 320. The summed E-state index contributed by atoms with van der Waals surface area (Å²) >= 11 is 0. The largest absolute Gasteiger partial charge is 0.385 e. The summed E-state index contributed by atoms with van der Waals surface area (Å²) in [5, 5.41) is 3.43. The van der Waals surface area contributed by atoms with Crippen LogP contribution in [0.15, 0.2) is 30.8 Å². The second-order valence-electron chi connectivity index (χ2n) is 4.41. The standard InChI is InChI=1S/C15H23N/c1-5-14(6-2)11-16-13(4)15-9-7-12(3)8-10-15/h7-10,14,16H,4-6,11H2,1-3H3. The van der Waals surface area contributed by atoms with Crippen LogP contribution in [-0.2, 0) is 0 Å². The van der Waals surface area contributed by atoms with Crippen LogP contribution < -0.4 is 5.32 Å². The molecule has 0 aliphatic heterocycles. The van der Waals surface area contributed by atoms with Gasteiger partial charge in [0.15, 0.2) is 0 Å². The van der Waals surface area contributed by atoms with Gasteiger partial charge >= 0.3 is 0 Å². The molecule has 0 bridgehead atoms. The van der Waals surface area contributed by atoms with Gasteiger partial charge in [0.2, 0.25) is 0 Å². The summed E-state index contributed by atoms with van der Waals surface area (Å²) < 4.78 is 0. The van der Waals surface area contributed by atoms with Crippen molar-refractivity contribution in [2.24, 2.45) is 5.92 Å². The molecule has 0 aliphatic carbocycles. The Labute approximate surface area is 99.6 Å². The van der Waals surface area contributed by atoms with E-state index in [9.17, 15) is 0 Å². The first-order valence-electron chi connectivity index (χ1n) is 6.17. The molecule has 0 aromatic heterocycles. The molecule has 0 saturated heterocycles. The highest BCUT2D eigenvalue weighted by Gasteiger charge is 2.04. The molecule has 0 heterocycles. The zero-order valence-electron chi connectivity index (χ0n) is 10.7. The molecule has 1 rings (SSSR count). The van der Waals surface area contributed by atoms with E-state index in [0.717, 1.165) is 18.2 Å². The first kappa shape index (κ1) is 12.8. The minimum absolute atomic E-state index is 0.752. The molecule has 0 aliphatic rings. The topological polar surface area (TPSA) is 12.0 Å². The molecule has 1 aromatic carbocycles. The van der Waals surface area contributed by atoms with Crippen LogP contribution in [0.2, 0.25) is 0 Å². The maximum atomic E-state index is 4.08. The van der Waals surface area contributed by atoms with Gasteiger partial charge in [0.05, 0.1) is 0 Å². The number of hydrogen-bond donors (Lipinski definition) is 1. The number of hydrogen-bond acceptors (Lipinski definition) is 1. The highest BCUT2D eigenvalue weighted by Crippen LogP contribution is 2.12. The molecule has 0 radical (unpaired) electrons. The third-order valence-corrected chi connectivity index (χ3v) is 3.16. The fourth-order valence-corrected chi connectivity index (χ4v) is 1.70. The normalized spacial score (nSPS) is 10.5. The fraction of sp³-hybridized carbons (Fsp3) is 0.467. The fourth-order valence-electron chi connectivity index (χ4n) is 1.70. The van der Waals surface area contributed by atoms with Crippen LogP contribution in [0.25, 0.3) is 5.70 Å². The van der Waals surface area contributed by atoms with Crippen LogP contribution in [0.4, 0.5) is 0 Å². The van der Waals surface area contributed by atoms with E-state index in [1.165, 1.54) is 24.0 Å². The van der Waals surface area contributed by atoms with Gasteiger partial charge in [-0.1, -0.05) is 63.1 Å². The van der Waals surface area contributed by atoms with Crippen LogP contribution in [0.3, 0.4) is 0 Å². The highest BCUT2D eigenvalue weighted by atomic mass is 14.9. The van der Waals surface area contributed by atoms with Gasteiger partial charge in [-0.2, -0.15) is 0 Å². The van der Waals surface area contributed by atoms with E-state index in [2.05, 4.69) is 56.9 Å². The molecule has 1 N–H and O–H groups in total. The van der Waals surface area contributed by atoms with Gasteiger partial charge in [-0.05, 0) is 18.4 Å². The second-order valence-corrected chi connectivity index (χ2v) is 4.41. The molecule has 16 heavy (non-hydrogen) atoms. The molecule has 0 spiro atoms. The average Bonchev–Trinajstić information content (AvgIpc) is 2.31. The van der Waals surface area contributed by atoms with Gasteiger partial charge in [-0.15, -0.1) is 0 Å². The van der Waals surface area contributed by atoms with Crippen molar-refractivity contribution in [3.8, 4) is 0 Å². The van der Waals surface area contributed by atoms with Crippen molar-refractivity contribution in [3.63, 3.8) is 0 Å². The van der Waals surface area contributed by atoms with Crippen LogP contribution >= 0.6 is 0 Å². The summed E-state index contributed by atoms with van der Waals surface area (Å²) in [6.45, 7) is 11.7. The molecular formula is C15H23N. The Morgan fingerprint density at radius 1 is 1.19 bits per heavy atom. The highest BCUT2D eigenvalue weighted by molar-refractivity contribution is 5.61. The Balaban J connectivity index is 2.49. The van der Waals surface area contributed by atoms with Crippen molar-refractivity contribution in [1.82, 2.24) is 5.32 Å². The van der Waals surface area contributed by atoms with Crippen LogP contribution in [0, 0.1) is 12.8 Å². The molecule has 0 unspecified atom stereocenters. The van der Waals surface area contributed by atoms with E-state index in [4.69, 9.17) is 0 Å². The maximum absolute atomic E-state index is 4.08. The molecule has 1 nitrogen and oxygen atoms in total. The Morgan fingerprint density at radius 3 is 2.25 bits per heavy atom. The van der Waals surface area contributed by atoms with Gasteiger partial charge in [-0.25, -0.2) is 0 Å². The van der Waals surface area contributed by atoms with Crippen molar-refractivity contribution in [2.45, 2.75) is 33.6 Å². The summed E-state index contributed by atoms with van der Waals surface area (Å²) in [5.74, 6) is 0.752. The lowest BCUT2D eigenvalue weighted by Gasteiger charge is -2.16. The SMILES string of the molecule is C=C(NCC(CC)CC)c1ccc(C)cc1. The lowest BCUT2D eigenvalue weighted by atomic mass is 10.0. The first-order valence-corrected chi connectivity index (χ1v) is 6.17. The van der Waals surface area contributed by atoms with Crippen molar-refractivity contribution in [1.29, 1.82) is 0 Å². The van der Waals surface area contributed by atoms with Crippen molar-refractivity contribution >= 4 is 5.70 Å². The van der Waals surface area contributed by atoms with E-state index < -0.39 is 0 Å². The molecule has 88 valence electrons. The van der Waals surface area contributed by atoms with Gasteiger partial charge in [0, 0.05) is 12.2 Å². The number of benzene rings is 1. The summed E-state index contributed by atoms with van der Waals surface area (Å²) in [5.41, 5.74) is 3.51. The van der Waals surface area contributed by atoms with E-state index in [-0.39, 0.29) is 0 Å². The van der Waals surface area contributed by atoms with E-state index in [1.54, 1.807) is 0 Å². The average molecular weight is 217 g/mol. The molecular weight excluding hydrogens is 194 g/mol. The Kier molecular flexibility index (Phi) is 5.10. The van der Waals surface area contributed by atoms with Crippen LogP contribution in [-0.4, -0.2) is 6.54 Å². The van der Waals surface area contributed by atoms with Crippen molar-refractivity contribution < 1.29 is 0 Å². The molecule has 0 saturated carbocycles. The third-order valence-electron chi connectivity index (χ3n) is 3.16. The lowest BCUT2D eigenvalue weighted by Crippen LogP contribution is -2.20. The van der Waals surface area contributed by atoms with Gasteiger partial charge < -0.3 is 5.32 Å². The van der Waals surface area contributed by atoms with Gasteiger partial charge in [0.1, 0.15) is 0 Å². The Morgan fingerprint density at radius 2 is 1.75 bits per heavy atom. The van der Waals surface area contributed by atoms with E-state index in [0.29, 0.717) is 0 Å². The lowest BCUT2D eigenvalue weighted by molar-refractivity contribution is 0.481. The van der Waals surface area contributed by atoms with Crippen molar-refractivity contribution in [3.05, 3.63) is 42.0 Å². The molecule has 1 aromatic rings. The van der Waals surface area contributed by atoms with Gasteiger partial charge in [0.25, 0.3) is 0 Å². The third kappa shape index (κ3) is 3.73. The summed E-state index contributed by atoms with van der Waals surface area (Å²) in [6.07, 6.45) is 2.45. The smallest absolute Gasteiger partial charge is 0.0340 e. The number of aryl methyl sites for hydroxylation is 1. The van der Waals surface area contributed by atoms with Crippen LogP contribution in [0.5, 0.6) is 0 Å². The maximum Gasteiger partial charge on any atom is 0.0340 e. The predicted octanol–water partition coefficient (Wildman–Crippen LogP) is 3.99. The summed E-state index contributed by atoms with van der Waals surface area (Å²) in [4.78, 5) is 0. The molecule has 0 atom stereocenters. The zero-order chi connectivity index (χ0) is 12.0. The van der Waals surface area contributed by atoms with Gasteiger partial charge in [-0.3, -0.25) is 0 Å². The second kappa shape index (κ2) is 6.37. The molecule has 1 heteroatoms. The predicted molar refractivity (Wildman–Crippen MR) is 72.3 cm³/mol. The van der Waals surface area contributed by atoms with Crippen molar-refractivity contribution in [2.75, 3.05) is 6.54 Å². The van der Waals surface area contributed by atoms with E-state index >= 15 is 0 Å². The molecule has 0 amide bonds. The number of rotatable bonds is 6. The van der Waals surface area contributed by atoms with E-state index in [1.807, 2.05) is 0 Å². The Hall–Kier alpha value is -1.24. The number of nitrogens with one attached hydrogen (secondary N) is 1. The zero-order valence-corrected chi connectivity index (χ0v) is 10.7. The summed E-state index contributed by atoms with van der Waals surface area (Å²) in [6, 6.07) is 8.49. The summed E-state index contributed by atoms with van der Waals surface area (Å²) in [7, 11) is 0. The quantitative estimate of drug-likeness (QED) is 0.759. The minimum atomic E-state index is 0.752. The first-order chi connectivity index (χ1) is 7.67. The monoisotopic (exact) mass is 217 g/mol. The molecule has 0 fully saturated rings. The van der Waals surface area contributed by atoms with Crippen LogP contribution in [0.1, 0.15) is 37.8 Å².